The number of carbonyl (C=O) groups is 1. The molecule has 0 aliphatic carbocycles. The number of benzene rings is 1. The molecule has 20 heavy (non-hydrogen) atoms. The average molecular weight is 289 g/mol. The Kier molecular flexibility index (Phi) is 4.74. The van der Waals surface area contributed by atoms with Gasteiger partial charge in [0.2, 0.25) is 5.91 Å². The van der Waals surface area contributed by atoms with Crippen molar-refractivity contribution in [2.75, 3.05) is 12.4 Å². The number of rotatable bonds is 5. The third-order valence-electron chi connectivity index (χ3n) is 3.16. The number of carbonyl (C=O) groups excluding carboxylic acids is 1. The summed E-state index contributed by atoms with van der Waals surface area (Å²) in [5.74, 6) is 0.0628. The van der Waals surface area contributed by atoms with Crippen molar-refractivity contribution in [3.63, 3.8) is 0 Å². The van der Waals surface area contributed by atoms with Crippen molar-refractivity contribution >= 4 is 22.9 Å². The molecule has 1 unspecified atom stereocenters. The first-order valence-electron chi connectivity index (χ1n) is 6.53. The van der Waals surface area contributed by atoms with Crippen molar-refractivity contribution in [1.29, 1.82) is 0 Å². The van der Waals surface area contributed by atoms with E-state index in [1.807, 2.05) is 42.9 Å². The van der Waals surface area contributed by atoms with Crippen LogP contribution < -0.4 is 5.32 Å². The standard InChI is InChI=1S/C15H19N3OS/c1-11(15-16-8-9-20-15)17-14-7-5-4-6-13(14)10-18(3)12(2)19/h4-9,11,17H,10H2,1-3H3. The van der Waals surface area contributed by atoms with Crippen LogP contribution in [0.5, 0.6) is 0 Å². The number of para-hydroxylation sites is 1. The van der Waals surface area contributed by atoms with Gasteiger partial charge in [0.25, 0.3) is 0 Å². The maximum Gasteiger partial charge on any atom is 0.219 e. The summed E-state index contributed by atoms with van der Waals surface area (Å²) in [7, 11) is 1.81. The molecule has 2 aromatic rings. The monoisotopic (exact) mass is 289 g/mol. The molecule has 1 aromatic heterocycles. The van der Waals surface area contributed by atoms with Crippen LogP contribution in [0.25, 0.3) is 0 Å². The molecule has 0 aliphatic rings. The smallest absolute Gasteiger partial charge is 0.219 e. The molecule has 0 bridgehead atoms. The zero-order chi connectivity index (χ0) is 14.5. The molecule has 1 atom stereocenters. The first-order chi connectivity index (χ1) is 9.58. The van der Waals surface area contributed by atoms with Gasteiger partial charge in [0, 0.05) is 37.8 Å². The number of amides is 1. The van der Waals surface area contributed by atoms with Gasteiger partial charge in [0.05, 0.1) is 6.04 Å². The van der Waals surface area contributed by atoms with Crippen molar-refractivity contribution in [3.8, 4) is 0 Å². The van der Waals surface area contributed by atoms with Crippen LogP contribution in [0.3, 0.4) is 0 Å². The van der Waals surface area contributed by atoms with Gasteiger partial charge >= 0.3 is 0 Å². The molecule has 0 radical (unpaired) electrons. The van der Waals surface area contributed by atoms with Crippen LogP contribution in [0.4, 0.5) is 5.69 Å². The van der Waals surface area contributed by atoms with Gasteiger partial charge in [-0.15, -0.1) is 11.3 Å². The first kappa shape index (κ1) is 14.5. The molecular formula is C15H19N3OS. The molecule has 5 heteroatoms. The van der Waals surface area contributed by atoms with Crippen LogP contribution in [-0.4, -0.2) is 22.8 Å². The number of nitrogens with zero attached hydrogens (tertiary/aromatic N) is 2. The Hall–Kier alpha value is -1.88. The van der Waals surface area contributed by atoms with Crippen LogP contribution in [0.15, 0.2) is 35.8 Å². The van der Waals surface area contributed by atoms with Crippen molar-refractivity contribution in [1.82, 2.24) is 9.88 Å². The van der Waals surface area contributed by atoms with Crippen molar-refractivity contribution in [2.45, 2.75) is 26.4 Å². The first-order valence-corrected chi connectivity index (χ1v) is 7.41. The van der Waals surface area contributed by atoms with E-state index in [1.54, 1.807) is 23.2 Å². The van der Waals surface area contributed by atoms with E-state index in [-0.39, 0.29) is 11.9 Å². The molecule has 1 heterocycles. The van der Waals surface area contributed by atoms with Gasteiger partial charge in [-0.2, -0.15) is 0 Å². The molecule has 0 spiro atoms. The highest BCUT2D eigenvalue weighted by Crippen LogP contribution is 2.24. The van der Waals surface area contributed by atoms with Gasteiger partial charge in [-0.25, -0.2) is 4.98 Å². The summed E-state index contributed by atoms with van der Waals surface area (Å²) in [6.45, 7) is 4.27. The van der Waals surface area contributed by atoms with Crippen molar-refractivity contribution in [2.24, 2.45) is 0 Å². The number of hydrogen-bond acceptors (Lipinski definition) is 4. The molecule has 0 aliphatic heterocycles. The summed E-state index contributed by atoms with van der Waals surface area (Å²) >= 11 is 1.64. The maximum atomic E-state index is 11.4. The molecule has 0 saturated carbocycles. The van der Waals surface area contributed by atoms with Crippen LogP contribution in [-0.2, 0) is 11.3 Å². The number of nitrogens with one attached hydrogen (secondary N) is 1. The minimum atomic E-state index is 0.0628. The SMILES string of the molecule is CC(=O)N(C)Cc1ccccc1NC(C)c1nccs1. The molecule has 2 rings (SSSR count). The molecule has 1 N–H and O–H groups in total. The van der Waals surface area contributed by atoms with E-state index in [0.29, 0.717) is 6.54 Å². The maximum absolute atomic E-state index is 11.4. The molecule has 0 fully saturated rings. The van der Waals surface area contributed by atoms with Gasteiger partial charge in [0.15, 0.2) is 0 Å². The van der Waals surface area contributed by atoms with E-state index in [0.717, 1.165) is 16.3 Å². The lowest BCUT2D eigenvalue weighted by Crippen LogP contribution is -2.23. The van der Waals surface area contributed by atoms with Gasteiger partial charge in [0.1, 0.15) is 5.01 Å². The van der Waals surface area contributed by atoms with E-state index in [9.17, 15) is 4.79 Å². The second-order valence-electron chi connectivity index (χ2n) is 4.77. The summed E-state index contributed by atoms with van der Waals surface area (Å²) in [6, 6.07) is 8.21. The lowest BCUT2D eigenvalue weighted by atomic mass is 10.1. The Labute approximate surface area is 123 Å². The lowest BCUT2D eigenvalue weighted by molar-refractivity contribution is -0.128. The normalized spacial score (nSPS) is 11.9. The Balaban J connectivity index is 2.13. The Morgan fingerprint density at radius 3 is 2.85 bits per heavy atom. The molecular weight excluding hydrogens is 270 g/mol. The van der Waals surface area contributed by atoms with E-state index in [1.165, 1.54) is 0 Å². The van der Waals surface area contributed by atoms with Crippen LogP contribution in [0, 0.1) is 0 Å². The predicted molar refractivity (Wildman–Crippen MR) is 82.7 cm³/mol. The zero-order valence-electron chi connectivity index (χ0n) is 12.0. The lowest BCUT2D eigenvalue weighted by Gasteiger charge is -2.20. The van der Waals surface area contributed by atoms with E-state index in [4.69, 9.17) is 0 Å². The fourth-order valence-corrected chi connectivity index (χ4v) is 2.56. The van der Waals surface area contributed by atoms with Gasteiger partial charge in [-0.05, 0) is 18.6 Å². The number of hydrogen-bond donors (Lipinski definition) is 1. The Morgan fingerprint density at radius 1 is 1.45 bits per heavy atom. The van der Waals surface area contributed by atoms with Crippen LogP contribution in [0.1, 0.15) is 30.5 Å². The fraction of sp³-hybridized carbons (Fsp3) is 0.333. The Bertz CT molecular complexity index is 568. The highest BCUT2D eigenvalue weighted by atomic mass is 32.1. The largest absolute Gasteiger partial charge is 0.376 e. The molecule has 1 aromatic carbocycles. The van der Waals surface area contributed by atoms with E-state index < -0.39 is 0 Å². The molecule has 106 valence electrons. The highest BCUT2D eigenvalue weighted by Gasteiger charge is 2.12. The summed E-state index contributed by atoms with van der Waals surface area (Å²) in [4.78, 5) is 17.4. The van der Waals surface area contributed by atoms with Gasteiger partial charge < -0.3 is 10.2 Å². The van der Waals surface area contributed by atoms with E-state index >= 15 is 0 Å². The minimum absolute atomic E-state index is 0.0628. The topological polar surface area (TPSA) is 45.2 Å². The zero-order valence-corrected chi connectivity index (χ0v) is 12.8. The predicted octanol–water partition coefficient (Wildman–Crippen LogP) is 3.29. The van der Waals surface area contributed by atoms with Gasteiger partial charge in [-0.3, -0.25) is 4.79 Å². The van der Waals surface area contributed by atoms with Crippen LogP contribution in [0.2, 0.25) is 0 Å². The summed E-state index contributed by atoms with van der Waals surface area (Å²) in [6.07, 6.45) is 1.81. The second kappa shape index (κ2) is 6.52. The van der Waals surface area contributed by atoms with Crippen molar-refractivity contribution < 1.29 is 4.79 Å². The van der Waals surface area contributed by atoms with Crippen LogP contribution >= 0.6 is 11.3 Å². The molecule has 0 saturated heterocycles. The Morgan fingerprint density at radius 2 is 2.20 bits per heavy atom. The average Bonchev–Trinajstić information content (AvgIpc) is 2.94. The summed E-state index contributed by atoms with van der Waals surface area (Å²) in [5.41, 5.74) is 2.15. The minimum Gasteiger partial charge on any atom is -0.376 e. The van der Waals surface area contributed by atoms with Crippen molar-refractivity contribution in [3.05, 3.63) is 46.4 Å². The quantitative estimate of drug-likeness (QED) is 0.918. The third kappa shape index (κ3) is 3.57. The summed E-state index contributed by atoms with van der Waals surface area (Å²) in [5, 5.41) is 6.50. The number of aromatic nitrogens is 1. The molecule has 4 nitrogen and oxygen atoms in total. The highest BCUT2D eigenvalue weighted by molar-refractivity contribution is 7.09. The molecule has 1 amide bonds. The summed E-state index contributed by atoms with van der Waals surface area (Å²) < 4.78 is 0. The van der Waals surface area contributed by atoms with Gasteiger partial charge in [-0.1, -0.05) is 18.2 Å². The van der Waals surface area contributed by atoms with E-state index in [2.05, 4.69) is 17.2 Å². The second-order valence-corrected chi connectivity index (χ2v) is 5.69. The number of anilines is 1. The fourth-order valence-electron chi connectivity index (χ4n) is 1.91. The third-order valence-corrected chi connectivity index (χ3v) is 4.11. The number of thiazole rings is 1.